The first-order valence-corrected chi connectivity index (χ1v) is 11.3. The lowest BCUT2D eigenvalue weighted by Crippen LogP contribution is -2.53. The average molecular weight is 443 g/mol. The molecule has 0 amide bonds. The number of benzene rings is 2. The highest BCUT2D eigenvalue weighted by Gasteiger charge is 2.27. The molecule has 31 heavy (non-hydrogen) atoms. The summed E-state index contributed by atoms with van der Waals surface area (Å²) in [6, 6.07) is 15.0. The maximum Gasteiger partial charge on any atom is 0.304 e. The topological polar surface area (TPSA) is 59.1 Å². The Morgan fingerprint density at radius 2 is 1.68 bits per heavy atom. The van der Waals surface area contributed by atoms with Crippen molar-refractivity contribution >= 4 is 29.4 Å². The van der Waals surface area contributed by atoms with Gasteiger partial charge >= 0.3 is 11.9 Å². The van der Waals surface area contributed by atoms with Gasteiger partial charge in [0.25, 0.3) is 0 Å². The maximum atomic E-state index is 11.5. The molecule has 1 heterocycles. The van der Waals surface area contributed by atoms with E-state index in [9.17, 15) is 9.59 Å². The van der Waals surface area contributed by atoms with Crippen LogP contribution >= 0.6 is 11.8 Å². The number of rotatable bonds is 7. The van der Waals surface area contributed by atoms with E-state index in [1.807, 2.05) is 0 Å². The molecule has 1 atom stereocenters. The van der Waals surface area contributed by atoms with Crippen LogP contribution in [0.3, 0.4) is 0 Å². The quantitative estimate of drug-likeness (QED) is 0.600. The summed E-state index contributed by atoms with van der Waals surface area (Å²) in [7, 11) is 0. The van der Waals surface area contributed by atoms with Gasteiger partial charge < -0.3 is 14.4 Å². The standard InChI is InChI=1S/C24H30N2O4S/c1-17-9-10-22(18(2)15-17)31-23-8-6-5-7-21(23)25-11-13-26(14-12-25)24(30-20(4)28)16-29-19(3)27/h5-10,15,24H,11-14,16H2,1-4H3/t24-/m1/s1. The molecule has 6 nitrogen and oxygen atoms in total. The van der Waals surface area contributed by atoms with Gasteiger partial charge in [0.05, 0.1) is 5.69 Å². The van der Waals surface area contributed by atoms with Gasteiger partial charge in [-0.05, 0) is 37.6 Å². The van der Waals surface area contributed by atoms with Gasteiger partial charge in [-0.2, -0.15) is 0 Å². The number of carbonyl (C=O) groups is 2. The molecule has 7 heteroatoms. The summed E-state index contributed by atoms with van der Waals surface area (Å²) >= 11 is 1.79. The summed E-state index contributed by atoms with van der Waals surface area (Å²) in [6.45, 7) is 10.0. The number of carbonyl (C=O) groups excluding carboxylic acids is 2. The van der Waals surface area contributed by atoms with Crippen LogP contribution in [0.15, 0.2) is 52.3 Å². The number of hydrogen-bond acceptors (Lipinski definition) is 7. The Hall–Kier alpha value is -2.51. The van der Waals surface area contributed by atoms with Gasteiger partial charge in [-0.1, -0.05) is 41.6 Å². The Morgan fingerprint density at radius 1 is 0.968 bits per heavy atom. The third-order valence-electron chi connectivity index (χ3n) is 5.21. The van der Waals surface area contributed by atoms with Crippen LogP contribution in [0.5, 0.6) is 0 Å². The van der Waals surface area contributed by atoms with Crippen LogP contribution in [-0.2, 0) is 19.1 Å². The molecule has 0 radical (unpaired) electrons. The minimum Gasteiger partial charge on any atom is -0.460 e. The maximum absolute atomic E-state index is 11.5. The zero-order valence-corrected chi connectivity index (χ0v) is 19.4. The van der Waals surface area contributed by atoms with Gasteiger partial charge in [-0.3, -0.25) is 14.5 Å². The molecule has 2 aromatic carbocycles. The van der Waals surface area contributed by atoms with E-state index in [4.69, 9.17) is 9.47 Å². The van der Waals surface area contributed by atoms with E-state index >= 15 is 0 Å². The second-order valence-electron chi connectivity index (χ2n) is 7.73. The molecule has 1 fully saturated rings. The van der Waals surface area contributed by atoms with Crippen molar-refractivity contribution < 1.29 is 19.1 Å². The summed E-state index contributed by atoms with van der Waals surface area (Å²) in [5.74, 6) is -0.761. The summed E-state index contributed by atoms with van der Waals surface area (Å²) in [5.41, 5.74) is 3.75. The van der Waals surface area contributed by atoms with Crippen LogP contribution in [0.4, 0.5) is 5.69 Å². The zero-order chi connectivity index (χ0) is 22.4. The highest BCUT2D eigenvalue weighted by atomic mass is 32.2. The molecule has 0 N–H and O–H groups in total. The van der Waals surface area contributed by atoms with Gasteiger partial charge in [0.2, 0.25) is 0 Å². The first-order valence-electron chi connectivity index (χ1n) is 10.5. The number of piperazine rings is 1. The highest BCUT2D eigenvalue weighted by Crippen LogP contribution is 2.37. The molecular weight excluding hydrogens is 412 g/mol. The number of anilines is 1. The van der Waals surface area contributed by atoms with E-state index in [-0.39, 0.29) is 18.5 Å². The van der Waals surface area contributed by atoms with Crippen LogP contribution in [0, 0.1) is 13.8 Å². The molecule has 2 aromatic rings. The third kappa shape index (κ3) is 6.48. The van der Waals surface area contributed by atoms with Crippen molar-refractivity contribution in [2.75, 3.05) is 37.7 Å². The predicted octanol–water partition coefficient (Wildman–Crippen LogP) is 4.03. The number of aryl methyl sites for hydroxylation is 2. The Kier molecular flexibility index (Phi) is 7.98. The normalized spacial score (nSPS) is 15.4. The van der Waals surface area contributed by atoms with Crippen LogP contribution in [0.25, 0.3) is 0 Å². The fourth-order valence-electron chi connectivity index (χ4n) is 3.68. The summed E-state index contributed by atoms with van der Waals surface area (Å²) in [5, 5.41) is 0. The van der Waals surface area contributed by atoms with Crippen molar-refractivity contribution in [2.24, 2.45) is 0 Å². The number of hydrogen-bond donors (Lipinski definition) is 0. The molecular formula is C24H30N2O4S. The molecule has 0 aliphatic carbocycles. The van der Waals surface area contributed by atoms with E-state index in [0.29, 0.717) is 13.1 Å². The fourth-order valence-corrected chi connectivity index (χ4v) is 4.72. The molecule has 1 saturated heterocycles. The number of nitrogens with zero attached hydrogens (tertiary/aromatic N) is 2. The number of esters is 2. The Balaban J connectivity index is 1.69. The van der Waals surface area contributed by atoms with Crippen molar-refractivity contribution in [2.45, 2.75) is 43.7 Å². The molecule has 1 aliphatic heterocycles. The van der Waals surface area contributed by atoms with Crippen LogP contribution in [-0.4, -0.2) is 55.9 Å². The van der Waals surface area contributed by atoms with Gasteiger partial charge in [0.15, 0.2) is 6.23 Å². The van der Waals surface area contributed by atoms with Crippen molar-refractivity contribution in [1.29, 1.82) is 0 Å². The van der Waals surface area contributed by atoms with Gasteiger partial charge in [-0.25, -0.2) is 0 Å². The van der Waals surface area contributed by atoms with Crippen molar-refractivity contribution in [3.05, 3.63) is 53.6 Å². The lowest BCUT2D eigenvalue weighted by Gasteiger charge is -2.39. The van der Waals surface area contributed by atoms with E-state index in [2.05, 4.69) is 66.1 Å². The van der Waals surface area contributed by atoms with Gasteiger partial charge in [0, 0.05) is 49.8 Å². The second kappa shape index (κ2) is 10.7. The summed E-state index contributed by atoms with van der Waals surface area (Å²) < 4.78 is 10.5. The first-order chi connectivity index (χ1) is 14.8. The minimum atomic E-state index is -0.552. The predicted molar refractivity (Wildman–Crippen MR) is 122 cm³/mol. The summed E-state index contributed by atoms with van der Waals surface area (Å²) in [6.07, 6.45) is -0.552. The second-order valence-corrected chi connectivity index (χ2v) is 8.81. The summed E-state index contributed by atoms with van der Waals surface area (Å²) in [4.78, 5) is 29.6. The first kappa shape index (κ1) is 23.2. The molecule has 0 saturated carbocycles. The van der Waals surface area contributed by atoms with Crippen LogP contribution < -0.4 is 4.90 Å². The molecule has 0 aromatic heterocycles. The molecule has 166 valence electrons. The molecule has 0 unspecified atom stereocenters. The van der Waals surface area contributed by atoms with E-state index in [1.54, 1.807) is 11.8 Å². The molecule has 1 aliphatic rings. The SMILES string of the molecule is CC(=O)OC[C@@H](OC(C)=O)N1CCN(c2ccccc2Sc2ccc(C)cc2C)CC1. The van der Waals surface area contributed by atoms with E-state index in [1.165, 1.54) is 40.5 Å². The van der Waals surface area contributed by atoms with Crippen LogP contribution in [0.2, 0.25) is 0 Å². The Labute approximate surface area is 188 Å². The van der Waals surface area contributed by atoms with Crippen molar-refractivity contribution in [1.82, 2.24) is 4.90 Å². The number of ether oxygens (including phenoxy) is 2. The molecule has 3 rings (SSSR count). The Bertz CT molecular complexity index is 926. The smallest absolute Gasteiger partial charge is 0.304 e. The molecule has 0 spiro atoms. The van der Waals surface area contributed by atoms with E-state index in [0.717, 1.165) is 13.1 Å². The minimum absolute atomic E-state index is 0.0497. The largest absolute Gasteiger partial charge is 0.460 e. The van der Waals surface area contributed by atoms with Gasteiger partial charge in [-0.15, -0.1) is 0 Å². The van der Waals surface area contributed by atoms with Crippen molar-refractivity contribution in [3.8, 4) is 0 Å². The van der Waals surface area contributed by atoms with Gasteiger partial charge in [0.1, 0.15) is 6.61 Å². The lowest BCUT2D eigenvalue weighted by atomic mass is 10.2. The van der Waals surface area contributed by atoms with Crippen molar-refractivity contribution in [3.63, 3.8) is 0 Å². The zero-order valence-electron chi connectivity index (χ0n) is 18.6. The number of para-hydroxylation sites is 1. The monoisotopic (exact) mass is 442 g/mol. The van der Waals surface area contributed by atoms with E-state index < -0.39 is 6.23 Å². The fraction of sp³-hybridized carbons (Fsp3) is 0.417. The Morgan fingerprint density at radius 3 is 2.32 bits per heavy atom. The molecule has 0 bridgehead atoms. The lowest BCUT2D eigenvalue weighted by molar-refractivity contribution is -0.169. The third-order valence-corrected chi connectivity index (χ3v) is 6.45. The van der Waals surface area contributed by atoms with Crippen LogP contribution in [0.1, 0.15) is 25.0 Å². The highest BCUT2D eigenvalue weighted by molar-refractivity contribution is 7.99. The average Bonchev–Trinajstić information content (AvgIpc) is 2.73.